The van der Waals surface area contributed by atoms with Gasteiger partial charge in [-0.2, -0.15) is 15.0 Å². The van der Waals surface area contributed by atoms with Gasteiger partial charge in [0.2, 0.25) is 17.8 Å². The Kier molecular flexibility index (Phi) is 4.76. The van der Waals surface area contributed by atoms with Crippen molar-refractivity contribution in [2.45, 2.75) is 32.6 Å². The lowest BCUT2D eigenvalue weighted by Gasteiger charge is -2.25. The molecule has 2 rings (SSSR count). The summed E-state index contributed by atoms with van der Waals surface area (Å²) >= 11 is 0. The second kappa shape index (κ2) is 6.54. The molecule has 0 spiro atoms. The van der Waals surface area contributed by atoms with Crippen molar-refractivity contribution in [2.75, 3.05) is 42.7 Å². The van der Waals surface area contributed by atoms with Crippen molar-refractivity contribution in [3.8, 4) is 0 Å². The Labute approximate surface area is 115 Å². The van der Waals surface area contributed by atoms with E-state index in [2.05, 4.69) is 25.6 Å². The summed E-state index contributed by atoms with van der Waals surface area (Å²) in [5.74, 6) is 2.87. The first kappa shape index (κ1) is 13.8. The molecular weight excluding hydrogens is 240 g/mol. The van der Waals surface area contributed by atoms with Crippen molar-refractivity contribution < 1.29 is 0 Å². The minimum Gasteiger partial charge on any atom is -0.354 e. The van der Waals surface area contributed by atoms with E-state index in [9.17, 15) is 0 Å². The predicted molar refractivity (Wildman–Crippen MR) is 78.8 cm³/mol. The SMILES string of the molecule is CCNc1nc(NCCC2CCC2)nc(N(C)C)n1. The molecule has 6 heteroatoms. The van der Waals surface area contributed by atoms with Crippen LogP contribution in [0.15, 0.2) is 0 Å². The van der Waals surface area contributed by atoms with E-state index in [4.69, 9.17) is 0 Å². The maximum atomic E-state index is 4.41. The van der Waals surface area contributed by atoms with Crippen molar-refractivity contribution in [3.05, 3.63) is 0 Å². The van der Waals surface area contributed by atoms with E-state index in [-0.39, 0.29) is 0 Å². The molecule has 0 aromatic carbocycles. The molecule has 0 radical (unpaired) electrons. The lowest BCUT2D eigenvalue weighted by atomic mass is 9.83. The van der Waals surface area contributed by atoms with Crippen LogP contribution >= 0.6 is 0 Å². The van der Waals surface area contributed by atoms with Crippen molar-refractivity contribution in [1.82, 2.24) is 15.0 Å². The molecule has 0 saturated heterocycles. The van der Waals surface area contributed by atoms with Crippen LogP contribution in [-0.4, -0.2) is 42.1 Å². The molecule has 0 amide bonds. The molecule has 0 aliphatic heterocycles. The zero-order chi connectivity index (χ0) is 13.7. The first-order chi connectivity index (χ1) is 9.19. The van der Waals surface area contributed by atoms with Gasteiger partial charge in [0, 0.05) is 27.2 Å². The topological polar surface area (TPSA) is 66.0 Å². The van der Waals surface area contributed by atoms with E-state index in [1.54, 1.807) is 0 Å². The van der Waals surface area contributed by atoms with E-state index >= 15 is 0 Å². The summed E-state index contributed by atoms with van der Waals surface area (Å²) in [6, 6.07) is 0. The van der Waals surface area contributed by atoms with Crippen molar-refractivity contribution in [1.29, 1.82) is 0 Å². The van der Waals surface area contributed by atoms with Crippen LogP contribution in [-0.2, 0) is 0 Å². The van der Waals surface area contributed by atoms with Crippen LogP contribution in [0.4, 0.5) is 17.8 Å². The molecule has 2 N–H and O–H groups in total. The maximum absolute atomic E-state index is 4.41. The van der Waals surface area contributed by atoms with Gasteiger partial charge in [-0.15, -0.1) is 0 Å². The predicted octanol–water partition coefficient (Wildman–Crippen LogP) is 1.97. The molecule has 1 heterocycles. The third kappa shape index (κ3) is 3.94. The standard InChI is InChI=1S/C13H24N6/c1-4-14-11-16-12(18-13(17-11)19(2)3)15-9-8-10-6-5-7-10/h10H,4-9H2,1-3H3,(H2,14,15,16,17,18). The zero-order valence-electron chi connectivity index (χ0n) is 12.1. The molecule has 0 unspecified atom stereocenters. The highest BCUT2D eigenvalue weighted by molar-refractivity contribution is 5.42. The Balaban J connectivity index is 1.96. The van der Waals surface area contributed by atoms with Crippen molar-refractivity contribution in [3.63, 3.8) is 0 Å². The van der Waals surface area contributed by atoms with Crippen LogP contribution in [0.2, 0.25) is 0 Å². The molecule has 106 valence electrons. The Morgan fingerprint density at radius 3 is 2.32 bits per heavy atom. The van der Waals surface area contributed by atoms with Crippen LogP contribution < -0.4 is 15.5 Å². The quantitative estimate of drug-likeness (QED) is 0.785. The molecule has 1 saturated carbocycles. The summed E-state index contributed by atoms with van der Waals surface area (Å²) in [6.45, 7) is 3.77. The number of hydrogen-bond donors (Lipinski definition) is 2. The second-order valence-electron chi connectivity index (χ2n) is 5.22. The first-order valence-electron chi connectivity index (χ1n) is 7.10. The number of nitrogens with one attached hydrogen (secondary N) is 2. The highest BCUT2D eigenvalue weighted by Crippen LogP contribution is 2.29. The summed E-state index contributed by atoms with van der Waals surface area (Å²) in [5, 5.41) is 6.44. The van der Waals surface area contributed by atoms with Gasteiger partial charge in [0.15, 0.2) is 0 Å². The third-order valence-corrected chi connectivity index (χ3v) is 3.42. The van der Waals surface area contributed by atoms with Gasteiger partial charge in [0.25, 0.3) is 0 Å². The smallest absolute Gasteiger partial charge is 0.231 e. The fraction of sp³-hybridized carbons (Fsp3) is 0.769. The van der Waals surface area contributed by atoms with E-state index in [1.807, 2.05) is 25.9 Å². The summed E-state index contributed by atoms with van der Waals surface area (Å²) in [4.78, 5) is 15.0. The normalized spacial score (nSPS) is 14.9. The minimum atomic E-state index is 0.632. The highest BCUT2D eigenvalue weighted by Gasteiger charge is 2.16. The Hall–Kier alpha value is -1.59. The molecule has 1 aromatic heterocycles. The van der Waals surface area contributed by atoms with Gasteiger partial charge < -0.3 is 15.5 Å². The first-order valence-corrected chi connectivity index (χ1v) is 7.10. The fourth-order valence-electron chi connectivity index (χ4n) is 2.05. The highest BCUT2D eigenvalue weighted by atomic mass is 15.3. The van der Waals surface area contributed by atoms with Crippen molar-refractivity contribution in [2.24, 2.45) is 5.92 Å². The molecule has 1 fully saturated rings. The number of rotatable bonds is 7. The van der Waals surface area contributed by atoms with Gasteiger partial charge in [0.05, 0.1) is 0 Å². The fourth-order valence-corrected chi connectivity index (χ4v) is 2.05. The summed E-state index contributed by atoms with van der Waals surface area (Å²) in [7, 11) is 3.87. The number of anilines is 3. The monoisotopic (exact) mass is 264 g/mol. The van der Waals surface area contributed by atoms with E-state index in [1.165, 1.54) is 25.7 Å². The molecular formula is C13H24N6. The Morgan fingerprint density at radius 2 is 1.79 bits per heavy atom. The molecule has 6 nitrogen and oxygen atoms in total. The number of nitrogens with zero attached hydrogens (tertiary/aromatic N) is 4. The summed E-state index contributed by atoms with van der Waals surface area (Å²) in [5.41, 5.74) is 0. The van der Waals surface area contributed by atoms with Crippen molar-refractivity contribution >= 4 is 17.8 Å². The molecule has 1 aliphatic carbocycles. The van der Waals surface area contributed by atoms with E-state index in [0.29, 0.717) is 17.8 Å². The summed E-state index contributed by atoms with van der Waals surface area (Å²) in [6.07, 6.45) is 5.36. The van der Waals surface area contributed by atoms with Crippen LogP contribution in [0.5, 0.6) is 0 Å². The molecule has 0 atom stereocenters. The lowest BCUT2D eigenvalue weighted by molar-refractivity contribution is 0.303. The van der Waals surface area contributed by atoms with Crippen LogP contribution in [0.1, 0.15) is 32.6 Å². The zero-order valence-corrected chi connectivity index (χ0v) is 12.1. The largest absolute Gasteiger partial charge is 0.354 e. The molecule has 1 aliphatic rings. The van der Waals surface area contributed by atoms with E-state index in [0.717, 1.165) is 19.0 Å². The molecule has 19 heavy (non-hydrogen) atoms. The molecule has 0 bridgehead atoms. The second-order valence-corrected chi connectivity index (χ2v) is 5.22. The number of aromatic nitrogens is 3. The van der Waals surface area contributed by atoms with Gasteiger partial charge in [-0.1, -0.05) is 19.3 Å². The average Bonchev–Trinajstić information content (AvgIpc) is 2.32. The third-order valence-electron chi connectivity index (χ3n) is 3.42. The molecule has 1 aromatic rings. The maximum Gasteiger partial charge on any atom is 0.231 e. The Bertz CT molecular complexity index is 402. The van der Waals surface area contributed by atoms with Gasteiger partial charge >= 0.3 is 0 Å². The van der Waals surface area contributed by atoms with Crippen LogP contribution in [0.25, 0.3) is 0 Å². The van der Waals surface area contributed by atoms with Gasteiger partial charge in [-0.25, -0.2) is 0 Å². The number of hydrogen-bond acceptors (Lipinski definition) is 6. The van der Waals surface area contributed by atoms with Gasteiger partial charge in [-0.05, 0) is 19.3 Å². The van der Waals surface area contributed by atoms with Crippen LogP contribution in [0.3, 0.4) is 0 Å². The summed E-state index contributed by atoms with van der Waals surface area (Å²) < 4.78 is 0. The Morgan fingerprint density at radius 1 is 1.11 bits per heavy atom. The minimum absolute atomic E-state index is 0.632. The average molecular weight is 264 g/mol. The van der Waals surface area contributed by atoms with Crippen LogP contribution in [0, 0.1) is 5.92 Å². The van der Waals surface area contributed by atoms with E-state index < -0.39 is 0 Å². The van der Waals surface area contributed by atoms with Gasteiger partial charge in [0.1, 0.15) is 0 Å². The lowest BCUT2D eigenvalue weighted by Crippen LogP contribution is -2.19. The van der Waals surface area contributed by atoms with Gasteiger partial charge in [-0.3, -0.25) is 0 Å².